The van der Waals surface area contributed by atoms with Crippen molar-refractivity contribution in [2.45, 2.75) is 77.9 Å². The first kappa shape index (κ1) is 25.1. The van der Waals surface area contributed by atoms with Crippen molar-refractivity contribution in [3.05, 3.63) is 29.5 Å². The number of aromatic amines is 1. The summed E-state index contributed by atoms with van der Waals surface area (Å²) >= 11 is 0. The molecule has 2 N–H and O–H groups in total. The number of nitrogens with one attached hydrogen (secondary N) is 2. The molecule has 9 heteroatoms. The van der Waals surface area contributed by atoms with Gasteiger partial charge in [-0.25, -0.2) is 4.79 Å². The van der Waals surface area contributed by atoms with Gasteiger partial charge in [-0.2, -0.15) is 13.2 Å². The number of carbonyl (C=O) groups is 1. The molecule has 0 atom stereocenters. The summed E-state index contributed by atoms with van der Waals surface area (Å²) in [6.45, 7) is 15.6. The fraction of sp³-hybridized carbons (Fsp3) is 0.591. The van der Waals surface area contributed by atoms with Crippen molar-refractivity contribution >= 4 is 25.3 Å². The highest BCUT2D eigenvalue weighted by atomic mass is 28.4. The van der Waals surface area contributed by atoms with Crippen LogP contribution in [0.15, 0.2) is 18.2 Å². The average molecular weight is 459 g/mol. The molecule has 1 heterocycles. The van der Waals surface area contributed by atoms with Crippen LogP contribution in [0.25, 0.3) is 10.9 Å². The van der Waals surface area contributed by atoms with Crippen LogP contribution in [0.3, 0.4) is 0 Å². The molecule has 31 heavy (non-hydrogen) atoms. The lowest BCUT2D eigenvalue weighted by Crippen LogP contribution is -2.43. The zero-order valence-corrected chi connectivity index (χ0v) is 20.5. The van der Waals surface area contributed by atoms with Gasteiger partial charge in [0, 0.05) is 17.4 Å². The third-order valence-electron chi connectivity index (χ3n) is 5.38. The Hall–Kier alpha value is -2.16. The van der Waals surface area contributed by atoms with E-state index in [0.29, 0.717) is 16.7 Å². The molecule has 0 radical (unpaired) electrons. The molecule has 0 spiro atoms. The van der Waals surface area contributed by atoms with E-state index < -0.39 is 31.9 Å². The lowest BCUT2D eigenvalue weighted by Gasteiger charge is -2.36. The highest BCUT2D eigenvalue weighted by molar-refractivity contribution is 6.74. The Morgan fingerprint density at radius 1 is 1.10 bits per heavy atom. The van der Waals surface area contributed by atoms with Gasteiger partial charge in [-0.1, -0.05) is 20.8 Å². The van der Waals surface area contributed by atoms with Gasteiger partial charge in [-0.05, 0) is 69.1 Å². The van der Waals surface area contributed by atoms with Crippen LogP contribution in [-0.2, 0) is 17.3 Å². The predicted molar refractivity (Wildman–Crippen MR) is 119 cm³/mol. The second-order valence-corrected chi connectivity index (χ2v) is 14.9. The van der Waals surface area contributed by atoms with Gasteiger partial charge >= 0.3 is 12.3 Å². The third kappa shape index (κ3) is 6.41. The van der Waals surface area contributed by atoms with Crippen LogP contribution in [0.5, 0.6) is 5.75 Å². The van der Waals surface area contributed by atoms with Gasteiger partial charge in [0.1, 0.15) is 17.0 Å². The number of rotatable bonds is 5. The van der Waals surface area contributed by atoms with Gasteiger partial charge in [-0.15, -0.1) is 0 Å². The molecule has 5 nitrogen and oxygen atoms in total. The maximum absolute atomic E-state index is 13.7. The van der Waals surface area contributed by atoms with Crippen molar-refractivity contribution in [3.8, 4) is 5.75 Å². The molecule has 0 unspecified atom stereocenters. The van der Waals surface area contributed by atoms with Crippen LogP contribution >= 0.6 is 0 Å². The Morgan fingerprint density at radius 2 is 1.71 bits per heavy atom. The molecule has 1 aromatic carbocycles. The average Bonchev–Trinajstić information content (AvgIpc) is 2.90. The summed E-state index contributed by atoms with van der Waals surface area (Å²) < 4.78 is 52.4. The number of aromatic nitrogens is 1. The lowest BCUT2D eigenvalue weighted by atomic mass is 10.1. The highest BCUT2D eigenvalue weighted by Crippen LogP contribution is 2.40. The van der Waals surface area contributed by atoms with Crippen LogP contribution in [0, 0.1) is 0 Å². The molecular formula is C22H33F3N2O3Si. The number of H-pyrrole nitrogens is 1. The quantitative estimate of drug-likeness (QED) is 0.494. The second kappa shape index (κ2) is 8.41. The molecule has 0 aliphatic rings. The van der Waals surface area contributed by atoms with E-state index in [4.69, 9.17) is 9.16 Å². The molecule has 2 rings (SSSR count). The van der Waals surface area contributed by atoms with E-state index in [2.05, 4.69) is 44.2 Å². The molecule has 1 aromatic heterocycles. The van der Waals surface area contributed by atoms with Crippen molar-refractivity contribution in [2.24, 2.45) is 0 Å². The van der Waals surface area contributed by atoms with Crippen molar-refractivity contribution in [1.82, 2.24) is 10.3 Å². The molecule has 1 amide bonds. The number of fused-ring (bicyclic) bond motifs is 1. The maximum atomic E-state index is 13.7. The minimum atomic E-state index is -4.54. The molecule has 0 saturated carbocycles. The first-order chi connectivity index (χ1) is 13.9. The summed E-state index contributed by atoms with van der Waals surface area (Å²) in [7, 11) is -2.15. The molecule has 2 aromatic rings. The number of hydrogen-bond acceptors (Lipinski definition) is 3. The predicted octanol–water partition coefficient (Wildman–Crippen LogP) is 6.64. The molecule has 0 saturated heterocycles. The molecule has 0 fully saturated rings. The first-order valence-electron chi connectivity index (χ1n) is 10.3. The summed E-state index contributed by atoms with van der Waals surface area (Å²) in [5, 5.41) is 2.92. The van der Waals surface area contributed by atoms with Gasteiger partial charge < -0.3 is 19.5 Å². The van der Waals surface area contributed by atoms with E-state index in [0.717, 1.165) is 0 Å². The number of halogens is 3. The summed E-state index contributed by atoms with van der Waals surface area (Å²) in [6.07, 6.45) is -5.21. The summed E-state index contributed by atoms with van der Waals surface area (Å²) in [4.78, 5) is 14.3. The summed E-state index contributed by atoms with van der Waals surface area (Å²) in [6, 6.07) is 4.96. The number of alkyl carbamates (subject to hydrolysis) is 1. The van der Waals surface area contributed by atoms with E-state index in [9.17, 15) is 18.0 Å². The Bertz CT molecular complexity index is 938. The summed E-state index contributed by atoms with van der Waals surface area (Å²) in [5.41, 5.74) is -1.02. The van der Waals surface area contributed by atoms with Crippen molar-refractivity contribution in [3.63, 3.8) is 0 Å². The van der Waals surface area contributed by atoms with Crippen LogP contribution < -0.4 is 9.74 Å². The SMILES string of the molecule is CC(C)(C)OC(=O)NCCc1c(C(F)(F)F)[nH]c2ccc(O[Si](C)(C)C(C)(C)C)cc12. The van der Waals surface area contributed by atoms with Crippen molar-refractivity contribution in [2.75, 3.05) is 6.54 Å². The zero-order valence-electron chi connectivity index (χ0n) is 19.5. The molecule has 174 valence electrons. The van der Waals surface area contributed by atoms with Gasteiger partial charge in [0.05, 0.1) is 0 Å². The number of amides is 1. The van der Waals surface area contributed by atoms with Gasteiger partial charge in [0.15, 0.2) is 0 Å². The lowest BCUT2D eigenvalue weighted by molar-refractivity contribution is -0.141. The van der Waals surface area contributed by atoms with Crippen LogP contribution in [0.4, 0.5) is 18.0 Å². The van der Waals surface area contributed by atoms with E-state index in [1.54, 1.807) is 39.0 Å². The Labute approximate surface area is 182 Å². The van der Waals surface area contributed by atoms with E-state index in [1.165, 1.54) is 0 Å². The standard InChI is InChI=1S/C22H33F3N2O3Si/c1-20(2,3)29-19(28)26-12-11-15-16-13-14(30-31(7,8)21(4,5)6)9-10-17(16)27-18(15)22(23,24)25/h9-10,13,27H,11-12H2,1-8H3,(H,26,28). The van der Waals surface area contributed by atoms with Gasteiger partial charge in [-0.3, -0.25) is 0 Å². The van der Waals surface area contributed by atoms with Crippen LogP contribution in [-0.4, -0.2) is 31.5 Å². The molecule has 0 bridgehead atoms. The number of ether oxygens (including phenoxy) is 1. The number of carbonyl (C=O) groups excluding carboxylic acids is 1. The molecule has 0 aliphatic carbocycles. The maximum Gasteiger partial charge on any atom is 0.431 e. The van der Waals surface area contributed by atoms with Gasteiger partial charge in [0.2, 0.25) is 8.32 Å². The molecular weight excluding hydrogens is 425 g/mol. The van der Waals surface area contributed by atoms with Gasteiger partial charge in [0.25, 0.3) is 0 Å². The molecule has 0 aliphatic heterocycles. The summed E-state index contributed by atoms with van der Waals surface area (Å²) in [5.74, 6) is 0.549. The monoisotopic (exact) mass is 458 g/mol. The van der Waals surface area contributed by atoms with Crippen LogP contribution in [0.2, 0.25) is 18.1 Å². The van der Waals surface area contributed by atoms with Crippen molar-refractivity contribution in [1.29, 1.82) is 0 Å². The second-order valence-electron chi connectivity index (χ2n) is 10.2. The normalized spacial score (nSPS) is 13.4. The van der Waals surface area contributed by atoms with E-state index >= 15 is 0 Å². The fourth-order valence-corrected chi connectivity index (χ4v) is 3.87. The minimum Gasteiger partial charge on any atom is -0.543 e. The third-order valence-corrected chi connectivity index (χ3v) is 9.74. The minimum absolute atomic E-state index is 0.00235. The topological polar surface area (TPSA) is 63.3 Å². The number of hydrogen-bond donors (Lipinski definition) is 2. The Balaban J connectivity index is 2.34. The fourth-order valence-electron chi connectivity index (χ4n) is 2.84. The van der Waals surface area contributed by atoms with Crippen molar-refractivity contribution < 1.29 is 27.1 Å². The van der Waals surface area contributed by atoms with Crippen LogP contribution in [0.1, 0.15) is 52.8 Å². The number of alkyl halides is 3. The Morgan fingerprint density at radius 3 is 2.23 bits per heavy atom. The largest absolute Gasteiger partial charge is 0.543 e. The van der Waals surface area contributed by atoms with E-state index in [1.807, 2.05) is 0 Å². The smallest absolute Gasteiger partial charge is 0.431 e. The zero-order chi connectivity index (χ0) is 23.8. The Kier molecular flexibility index (Phi) is 6.81. The first-order valence-corrected chi connectivity index (χ1v) is 13.2. The highest BCUT2D eigenvalue weighted by Gasteiger charge is 2.39. The van der Waals surface area contributed by atoms with E-state index in [-0.39, 0.29) is 23.6 Å². The number of benzene rings is 1.